The molecule has 0 fully saturated rings. The topological polar surface area (TPSA) is 98.1 Å². The minimum absolute atomic E-state index is 0.310. The highest BCUT2D eigenvalue weighted by Gasteiger charge is 2.37. The van der Waals surface area contributed by atoms with E-state index in [1.807, 2.05) is 42.2 Å². The van der Waals surface area contributed by atoms with Gasteiger partial charge in [0, 0.05) is 29.1 Å². The fourth-order valence-electron chi connectivity index (χ4n) is 4.05. The van der Waals surface area contributed by atoms with E-state index in [0.717, 1.165) is 5.69 Å². The first-order chi connectivity index (χ1) is 16.9. The van der Waals surface area contributed by atoms with Crippen LogP contribution in [0.1, 0.15) is 24.3 Å². The molecule has 0 bridgehead atoms. The summed E-state index contributed by atoms with van der Waals surface area (Å²) in [5, 5.41) is 10.5. The number of methoxy groups -OCH3 is 3. The number of benzene rings is 2. The summed E-state index contributed by atoms with van der Waals surface area (Å²) < 4.78 is 21.7. The van der Waals surface area contributed by atoms with Crippen LogP contribution in [0.4, 0.5) is 11.5 Å². The molecule has 1 aromatic heterocycles. The van der Waals surface area contributed by atoms with Gasteiger partial charge in [-0.15, -0.1) is 0 Å². The molecule has 0 aliphatic carbocycles. The van der Waals surface area contributed by atoms with E-state index < -0.39 is 6.04 Å². The third-order valence-electron chi connectivity index (χ3n) is 5.66. The molecule has 3 aromatic rings. The van der Waals surface area contributed by atoms with Crippen LogP contribution in [0.3, 0.4) is 0 Å². The van der Waals surface area contributed by atoms with E-state index in [1.165, 1.54) is 0 Å². The maximum absolute atomic E-state index is 13.7. The van der Waals surface area contributed by atoms with E-state index in [4.69, 9.17) is 31.0 Å². The number of hydrogen-bond donors (Lipinski definition) is 2. The highest BCUT2D eigenvalue weighted by molar-refractivity contribution is 7.80. The Labute approximate surface area is 208 Å². The van der Waals surface area contributed by atoms with Crippen LogP contribution in [0.15, 0.2) is 64.3 Å². The van der Waals surface area contributed by atoms with Crippen molar-refractivity contribution in [1.29, 1.82) is 0 Å². The van der Waals surface area contributed by atoms with Crippen molar-refractivity contribution in [3.63, 3.8) is 0 Å². The predicted octanol–water partition coefficient (Wildman–Crippen LogP) is 4.36. The number of amides is 1. The Morgan fingerprint density at radius 1 is 1.03 bits per heavy atom. The van der Waals surface area contributed by atoms with Crippen molar-refractivity contribution < 1.29 is 23.5 Å². The van der Waals surface area contributed by atoms with Gasteiger partial charge in [-0.2, -0.15) is 0 Å². The summed E-state index contributed by atoms with van der Waals surface area (Å²) in [5.74, 6) is 2.02. The molecule has 10 heteroatoms. The fourth-order valence-corrected chi connectivity index (χ4v) is 4.41. The summed E-state index contributed by atoms with van der Waals surface area (Å²) in [6, 6.07) is 14.1. The fraction of sp³-hybridized carbons (Fsp3) is 0.240. The molecule has 9 nitrogen and oxygen atoms in total. The second-order valence-corrected chi connectivity index (χ2v) is 8.17. The summed E-state index contributed by atoms with van der Waals surface area (Å²) in [4.78, 5) is 15.5. The van der Waals surface area contributed by atoms with Gasteiger partial charge < -0.3 is 29.4 Å². The number of anilines is 2. The van der Waals surface area contributed by atoms with Crippen LogP contribution >= 0.6 is 12.2 Å². The van der Waals surface area contributed by atoms with Gasteiger partial charge in [-0.05, 0) is 44.3 Å². The largest absolute Gasteiger partial charge is 0.496 e. The Hall–Kier alpha value is -4.05. The van der Waals surface area contributed by atoms with E-state index in [9.17, 15) is 4.79 Å². The Morgan fingerprint density at radius 3 is 2.29 bits per heavy atom. The Bertz CT molecular complexity index is 1290. The third kappa shape index (κ3) is 4.65. The number of aryl methyl sites for hydroxylation is 1. The number of carbonyl (C=O) groups is 1. The van der Waals surface area contributed by atoms with Crippen LogP contribution in [-0.2, 0) is 4.79 Å². The third-order valence-corrected chi connectivity index (χ3v) is 5.96. The van der Waals surface area contributed by atoms with Gasteiger partial charge in [0.25, 0.3) is 5.91 Å². The Morgan fingerprint density at radius 2 is 1.69 bits per heavy atom. The lowest BCUT2D eigenvalue weighted by molar-refractivity contribution is -0.113. The van der Waals surface area contributed by atoms with Gasteiger partial charge in [0.2, 0.25) is 0 Å². The molecule has 0 saturated heterocycles. The predicted molar refractivity (Wildman–Crippen MR) is 136 cm³/mol. The number of nitrogens with one attached hydrogen (secondary N) is 2. The molecule has 1 atom stereocenters. The lowest BCUT2D eigenvalue weighted by Crippen LogP contribution is -2.48. The smallest absolute Gasteiger partial charge is 0.257 e. The molecule has 2 heterocycles. The number of nitrogens with zero attached hydrogens (tertiary/aromatic N) is 2. The van der Waals surface area contributed by atoms with Gasteiger partial charge in [-0.1, -0.05) is 23.4 Å². The summed E-state index contributed by atoms with van der Waals surface area (Å²) in [6.45, 7) is 3.60. The monoisotopic (exact) mass is 494 g/mol. The lowest BCUT2D eigenvalue weighted by Gasteiger charge is -2.38. The molecule has 0 unspecified atom stereocenters. The number of thiocarbonyl (C=S) groups is 1. The van der Waals surface area contributed by atoms with E-state index >= 15 is 0 Å². The van der Waals surface area contributed by atoms with Crippen molar-refractivity contribution in [1.82, 2.24) is 10.5 Å². The van der Waals surface area contributed by atoms with Gasteiger partial charge >= 0.3 is 0 Å². The number of hydrogen-bond acceptors (Lipinski definition) is 7. The first-order valence-corrected chi connectivity index (χ1v) is 11.2. The van der Waals surface area contributed by atoms with Gasteiger partial charge in [-0.25, -0.2) is 0 Å². The zero-order valence-corrected chi connectivity index (χ0v) is 20.9. The van der Waals surface area contributed by atoms with Gasteiger partial charge in [0.1, 0.15) is 11.5 Å². The van der Waals surface area contributed by atoms with E-state index in [0.29, 0.717) is 50.8 Å². The highest BCUT2D eigenvalue weighted by Crippen LogP contribution is 2.42. The number of carbonyl (C=O) groups excluding carboxylic acids is 1. The summed E-state index contributed by atoms with van der Waals surface area (Å²) in [7, 11) is 4.65. The summed E-state index contributed by atoms with van der Waals surface area (Å²) in [5.41, 5.74) is 2.55. The summed E-state index contributed by atoms with van der Waals surface area (Å²) in [6.07, 6.45) is 0. The molecule has 35 heavy (non-hydrogen) atoms. The number of aromatic nitrogens is 1. The van der Waals surface area contributed by atoms with Crippen LogP contribution in [0, 0.1) is 6.92 Å². The Kier molecular flexibility index (Phi) is 6.92. The number of ether oxygens (including phenoxy) is 3. The lowest BCUT2D eigenvalue weighted by atomic mass is 9.92. The minimum Gasteiger partial charge on any atom is -0.496 e. The molecule has 1 aliphatic heterocycles. The summed E-state index contributed by atoms with van der Waals surface area (Å²) >= 11 is 5.75. The molecule has 2 N–H and O–H groups in total. The van der Waals surface area contributed by atoms with Crippen LogP contribution in [-0.4, -0.2) is 37.5 Å². The zero-order valence-electron chi connectivity index (χ0n) is 20.0. The second-order valence-electron chi connectivity index (χ2n) is 7.78. The van der Waals surface area contributed by atoms with Crippen molar-refractivity contribution in [3.8, 4) is 17.2 Å². The first-order valence-electron chi connectivity index (χ1n) is 10.8. The van der Waals surface area contributed by atoms with Gasteiger partial charge in [0.05, 0.1) is 32.9 Å². The number of para-hydroxylation sites is 1. The molecule has 1 amide bonds. The maximum Gasteiger partial charge on any atom is 0.257 e. The quantitative estimate of drug-likeness (QED) is 0.464. The van der Waals surface area contributed by atoms with E-state index in [1.54, 1.807) is 46.5 Å². The van der Waals surface area contributed by atoms with Crippen molar-refractivity contribution in [2.24, 2.45) is 0 Å². The molecule has 1 aliphatic rings. The molecule has 0 saturated carbocycles. The molecule has 2 aromatic carbocycles. The van der Waals surface area contributed by atoms with E-state index in [2.05, 4.69) is 15.8 Å². The van der Waals surface area contributed by atoms with Crippen LogP contribution < -0.4 is 29.7 Å². The molecule has 4 rings (SSSR count). The van der Waals surface area contributed by atoms with Gasteiger partial charge in [0.15, 0.2) is 22.4 Å². The van der Waals surface area contributed by atoms with Crippen LogP contribution in [0.25, 0.3) is 0 Å². The minimum atomic E-state index is -0.648. The van der Waals surface area contributed by atoms with Crippen LogP contribution in [0.5, 0.6) is 17.2 Å². The molecular weight excluding hydrogens is 468 g/mol. The normalized spacial score (nSPS) is 15.5. The number of allylic oxidation sites excluding steroid dienone is 1. The zero-order chi connectivity index (χ0) is 25.1. The van der Waals surface area contributed by atoms with Crippen molar-refractivity contribution in [2.75, 3.05) is 31.5 Å². The van der Waals surface area contributed by atoms with Crippen molar-refractivity contribution >= 4 is 34.7 Å². The molecule has 0 radical (unpaired) electrons. The molecular formula is C25H26N4O5S. The van der Waals surface area contributed by atoms with E-state index in [-0.39, 0.29) is 5.91 Å². The first kappa shape index (κ1) is 24.1. The Balaban J connectivity index is 1.88. The van der Waals surface area contributed by atoms with Gasteiger partial charge in [-0.3, -0.25) is 9.69 Å². The molecule has 182 valence electrons. The SMILES string of the molecule is COc1cc(OC)c([C@@H]2NC(=S)N(c3ccccc3)C(C)=C2C(=O)Nc2cc(C)on2)cc1OC. The standard InChI is InChI=1S/C25H26N4O5S/c1-14-11-21(28-34-14)26-24(30)22-15(2)29(16-9-7-6-8-10-16)25(35)27-23(22)17-12-19(32-4)20(33-5)13-18(17)31-3/h6-13,23H,1-5H3,(H,27,35)(H,26,28,30)/t23-/m0/s1. The maximum atomic E-state index is 13.7. The average Bonchev–Trinajstić information content (AvgIpc) is 3.27. The van der Waals surface area contributed by atoms with Crippen LogP contribution in [0.2, 0.25) is 0 Å². The molecule has 0 spiro atoms. The average molecular weight is 495 g/mol. The second kappa shape index (κ2) is 10.1. The number of rotatable bonds is 7. The van der Waals surface area contributed by atoms with Crippen molar-refractivity contribution in [3.05, 3.63) is 71.1 Å². The highest BCUT2D eigenvalue weighted by atomic mass is 32.1. The van der Waals surface area contributed by atoms with Crippen molar-refractivity contribution in [2.45, 2.75) is 19.9 Å².